The van der Waals surface area contributed by atoms with Crippen LogP contribution in [-0.2, 0) is 25.4 Å². The average molecular weight is 295 g/mol. The van der Waals surface area contributed by atoms with Gasteiger partial charge in [-0.25, -0.2) is 4.79 Å². The largest absolute Gasteiger partial charge is 0.481 e. The molecule has 0 radical (unpaired) electrons. The van der Waals surface area contributed by atoms with E-state index in [1.165, 1.54) is 23.2 Å². The Balaban J connectivity index is 2.45. The Hall–Kier alpha value is -2.58. The molecule has 3 N–H and O–H groups in total. The number of aromatic nitrogens is 4. The van der Waals surface area contributed by atoms with Crippen LogP contribution in [0.25, 0.3) is 11.2 Å². The summed E-state index contributed by atoms with van der Waals surface area (Å²) in [5, 5.41) is 8.61. The minimum Gasteiger partial charge on any atom is -0.481 e. The quantitative estimate of drug-likeness (QED) is 0.701. The van der Waals surface area contributed by atoms with Gasteiger partial charge in [0.05, 0.1) is 0 Å². The molecule has 0 spiro atoms. The minimum absolute atomic E-state index is 0.0586. The maximum atomic E-state index is 12.2. The third kappa shape index (κ3) is 2.54. The summed E-state index contributed by atoms with van der Waals surface area (Å²) in [5.74, 6) is -0.726. The SMILES string of the molecule is Cn1c(=O)c2c(nc(N)n2CCCCC(=O)O)n(C)c1=O. The molecule has 0 aromatic carbocycles. The number of carbonyl (C=O) groups is 1. The van der Waals surface area contributed by atoms with Crippen molar-refractivity contribution in [2.45, 2.75) is 25.8 Å². The van der Waals surface area contributed by atoms with Gasteiger partial charge in [0.15, 0.2) is 11.2 Å². The van der Waals surface area contributed by atoms with Crippen LogP contribution in [0.2, 0.25) is 0 Å². The van der Waals surface area contributed by atoms with Crippen molar-refractivity contribution < 1.29 is 9.90 Å². The van der Waals surface area contributed by atoms with Crippen molar-refractivity contribution in [3.63, 3.8) is 0 Å². The zero-order valence-electron chi connectivity index (χ0n) is 11.9. The first-order chi connectivity index (χ1) is 9.84. The number of carboxylic acids is 1. The second-order valence-corrected chi connectivity index (χ2v) is 4.85. The molecule has 0 amide bonds. The maximum absolute atomic E-state index is 12.2. The van der Waals surface area contributed by atoms with Gasteiger partial charge < -0.3 is 15.4 Å². The molecule has 0 fully saturated rings. The van der Waals surface area contributed by atoms with E-state index in [0.717, 1.165) is 4.57 Å². The number of hydrogen-bond acceptors (Lipinski definition) is 5. The van der Waals surface area contributed by atoms with Crippen molar-refractivity contribution in [3.8, 4) is 0 Å². The van der Waals surface area contributed by atoms with E-state index in [9.17, 15) is 14.4 Å². The fourth-order valence-electron chi connectivity index (χ4n) is 2.24. The standard InChI is InChI=1S/C12H17N5O4/c1-15-9-8(10(20)16(2)12(15)21)17(11(13)14-9)6-4-3-5-7(18)19/h3-6H2,1-2H3,(H2,13,14)(H,18,19). The smallest absolute Gasteiger partial charge is 0.332 e. The monoisotopic (exact) mass is 295 g/mol. The normalized spacial score (nSPS) is 11.1. The number of carboxylic acid groups (broad SMARTS) is 1. The van der Waals surface area contributed by atoms with Crippen LogP contribution in [-0.4, -0.2) is 29.8 Å². The molecule has 21 heavy (non-hydrogen) atoms. The second-order valence-electron chi connectivity index (χ2n) is 4.85. The van der Waals surface area contributed by atoms with Crippen LogP contribution < -0.4 is 17.0 Å². The van der Waals surface area contributed by atoms with Gasteiger partial charge in [-0.05, 0) is 12.8 Å². The predicted octanol–water partition coefficient (Wildman–Crippen LogP) is -0.729. The van der Waals surface area contributed by atoms with Gasteiger partial charge in [-0.1, -0.05) is 0 Å². The van der Waals surface area contributed by atoms with Crippen LogP contribution in [0.5, 0.6) is 0 Å². The van der Waals surface area contributed by atoms with Crippen LogP contribution in [0.4, 0.5) is 5.95 Å². The minimum atomic E-state index is -0.864. The summed E-state index contributed by atoms with van der Waals surface area (Å²) in [7, 11) is 2.91. The molecule has 2 aromatic heterocycles. The molecule has 0 atom stereocenters. The summed E-state index contributed by atoms with van der Waals surface area (Å²) in [6.45, 7) is 0.378. The highest BCUT2D eigenvalue weighted by atomic mass is 16.4. The van der Waals surface area contributed by atoms with Crippen LogP contribution in [0.1, 0.15) is 19.3 Å². The lowest BCUT2D eigenvalue weighted by Gasteiger charge is -2.07. The van der Waals surface area contributed by atoms with Crippen LogP contribution >= 0.6 is 0 Å². The molecule has 2 aromatic rings. The van der Waals surface area contributed by atoms with Gasteiger partial charge in [-0.2, -0.15) is 4.98 Å². The Morgan fingerprint density at radius 2 is 1.90 bits per heavy atom. The summed E-state index contributed by atoms with van der Waals surface area (Å²) < 4.78 is 3.79. The van der Waals surface area contributed by atoms with E-state index >= 15 is 0 Å². The number of nitrogens with zero attached hydrogens (tertiary/aromatic N) is 4. The molecule has 9 nitrogen and oxygen atoms in total. The van der Waals surface area contributed by atoms with Crippen molar-refractivity contribution in [1.82, 2.24) is 18.7 Å². The molecule has 0 aliphatic rings. The summed E-state index contributed by atoms with van der Waals surface area (Å²) in [5.41, 5.74) is 5.37. The molecule has 0 saturated carbocycles. The lowest BCUT2D eigenvalue weighted by atomic mass is 10.2. The molecule has 0 saturated heterocycles. The van der Waals surface area contributed by atoms with E-state index in [0.29, 0.717) is 19.4 Å². The number of hydrogen-bond donors (Lipinski definition) is 2. The van der Waals surface area contributed by atoms with E-state index in [1.54, 1.807) is 0 Å². The third-order valence-corrected chi connectivity index (χ3v) is 3.40. The molecule has 9 heteroatoms. The van der Waals surface area contributed by atoms with Gasteiger partial charge >= 0.3 is 11.7 Å². The zero-order chi connectivity index (χ0) is 15.7. The molecule has 0 unspecified atom stereocenters. The fourth-order valence-corrected chi connectivity index (χ4v) is 2.24. The first-order valence-corrected chi connectivity index (χ1v) is 6.48. The highest BCUT2D eigenvalue weighted by Crippen LogP contribution is 2.14. The lowest BCUT2D eigenvalue weighted by molar-refractivity contribution is -0.137. The number of fused-ring (bicyclic) bond motifs is 1. The molecule has 2 heterocycles. The number of nitrogen functional groups attached to an aromatic ring is 1. The van der Waals surface area contributed by atoms with Gasteiger partial charge in [0, 0.05) is 27.1 Å². The molecule has 2 rings (SSSR count). The van der Waals surface area contributed by atoms with E-state index < -0.39 is 17.2 Å². The van der Waals surface area contributed by atoms with Crippen molar-refractivity contribution in [2.75, 3.05) is 5.73 Å². The van der Waals surface area contributed by atoms with Crippen molar-refractivity contribution in [3.05, 3.63) is 20.8 Å². The van der Waals surface area contributed by atoms with Gasteiger partial charge in [0.25, 0.3) is 5.56 Å². The fraction of sp³-hybridized carbons (Fsp3) is 0.500. The molecule has 114 valence electrons. The van der Waals surface area contributed by atoms with Crippen molar-refractivity contribution >= 4 is 23.1 Å². The van der Waals surface area contributed by atoms with E-state index in [1.807, 2.05) is 0 Å². The Morgan fingerprint density at radius 3 is 2.52 bits per heavy atom. The summed E-state index contributed by atoms with van der Waals surface area (Å²) in [4.78, 5) is 38.6. The molecular weight excluding hydrogens is 278 g/mol. The molecule has 0 aliphatic carbocycles. The number of nitrogens with two attached hydrogens (primary N) is 1. The van der Waals surface area contributed by atoms with Crippen LogP contribution in [0, 0.1) is 0 Å². The summed E-state index contributed by atoms with van der Waals surface area (Å²) in [6, 6.07) is 0. The molecular formula is C12H17N5O4. The number of unbranched alkanes of at least 4 members (excludes halogenated alkanes) is 1. The lowest BCUT2D eigenvalue weighted by Crippen LogP contribution is -2.37. The Morgan fingerprint density at radius 1 is 1.24 bits per heavy atom. The van der Waals surface area contributed by atoms with Crippen LogP contribution in [0.3, 0.4) is 0 Å². The highest BCUT2D eigenvalue weighted by Gasteiger charge is 2.17. The van der Waals surface area contributed by atoms with Gasteiger partial charge in [-0.3, -0.25) is 18.7 Å². The van der Waals surface area contributed by atoms with Crippen LogP contribution in [0.15, 0.2) is 9.59 Å². The molecule has 0 bridgehead atoms. The van der Waals surface area contributed by atoms with Crippen molar-refractivity contribution in [1.29, 1.82) is 0 Å². The second kappa shape index (κ2) is 5.43. The number of rotatable bonds is 5. The number of anilines is 1. The average Bonchev–Trinajstić information content (AvgIpc) is 2.76. The first kappa shape index (κ1) is 14.8. The van der Waals surface area contributed by atoms with Crippen molar-refractivity contribution in [2.24, 2.45) is 14.1 Å². The van der Waals surface area contributed by atoms with E-state index in [4.69, 9.17) is 10.8 Å². The van der Waals surface area contributed by atoms with Gasteiger partial charge in [0.2, 0.25) is 5.95 Å². The number of aliphatic carboxylic acids is 1. The first-order valence-electron chi connectivity index (χ1n) is 6.48. The summed E-state index contributed by atoms with van der Waals surface area (Å²) in [6.07, 6.45) is 1.08. The summed E-state index contributed by atoms with van der Waals surface area (Å²) >= 11 is 0. The predicted molar refractivity (Wildman–Crippen MR) is 76.1 cm³/mol. The zero-order valence-corrected chi connectivity index (χ0v) is 11.9. The Labute approximate surface area is 119 Å². The van der Waals surface area contributed by atoms with E-state index in [2.05, 4.69) is 4.98 Å². The number of imidazole rings is 1. The maximum Gasteiger partial charge on any atom is 0.332 e. The van der Waals surface area contributed by atoms with E-state index in [-0.39, 0.29) is 23.5 Å². The van der Waals surface area contributed by atoms with Gasteiger partial charge in [0.1, 0.15) is 0 Å². The number of aryl methyl sites for hydroxylation is 2. The Bertz CT molecular complexity index is 814. The third-order valence-electron chi connectivity index (χ3n) is 3.40. The topological polar surface area (TPSA) is 125 Å². The molecule has 0 aliphatic heterocycles. The highest BCUT2D eigenvalue weighted by molar-refractivity contribution is 5.73. The Kier molecular flexibility index (Phi) is 3.83. The van der Waals surface area contributed by atoms with Gasteiger partial charge in [-0.15, -0.1) is 0 Å².